The molecule has 0 saturated carbocycles. The third-order valence-corrected chi connectivity index (χ3v) is 3.69. The molecule has 22 heavy (non-hydrogen) atoms. The summed E-state index contributed by atoms with van der Waals surface area (Å²) in [5.41, 5.74) is 24.3. The summed E-state index contributed by atoms with van der Waals surface area (Å²) in [5, 5.41) is 0. The molecular formula is C16H26N4O2. The zero-order valence-corrected chi connectivity index (χ0v) is 12.9. The van der Waals surface area contributed by atoms with Crippen molar-refractivity contribution in [1.29, 1.82) is 0 Å². The Balaban J connectivity index is 3.21. The second kappa shape index (κ2) is 9.17. The van der Waals surface area contributed by atoms with Crippen LogP contribution in [0.4, 0.5) is 0 Å². The predicted octanol–water partition coefficient (Wildman–Crippen LogP) is 0.447. The number of carbonyl (C=O) groups excluding carboxylic acids is 2. The number of hydrogen-bond donors (Lipinski definition) is 4. The van der Waals surface area contributed by atoms with E-state index in [9.17, 15) is 9.59 Å². The molecule has 0 aliphatic carbocycles. The minimum atomic E-state index is -0.543. The maximum absolute atomic E-state index is 11.9. The van der Waals surface area contributed by atoms with Gasteiger partial charge in [-0.2, -0.15) is 0 Å². The van der Waals surface area contributed by atoms with Gasteiger partial charge in [0.2, 0.25) is 11.8 Å². The molecule has 6 nitrogen and oxygen atoms in total. The Morgan fingerprint density at radius 2 is 1.41 bits per heavy atom. The van der Waals surface area contributed by atoms with Crippen LogP contribution in [0.15, 0.2) is 12.1 Å². The molecule has 1 rings (SSSR count). The van der Waals surface area contributed by atoms with E-state index >= 15 is 0 Å². The van der Waals surface area contributed by atoms with Gasteiger partial charge in [0, 0.05) is 11.1 Å². The largest absolute Gasteiger partial charge is 0.366 e. The zero-order valence-electron chi connectivity index (χ0n) is 12.9. The van der Waals surface area contributed by atoms with E-state index in [0.717, 1.165) is 31.2 Å². The van der Waals surface area contributed by atoms with Crippen LogP contribution in [0, 0.1) is 0 Å². The van der Waals surface area contributed by atoms with Crippen molar-refractivity contribution >= 4 is 11.8 Å². The van der Waals surface area contributed by atoms with Crippen LogP contribution in [0.1, 0.15) is 57.5 Å². The average molecular weight is 306 g/mol. The normalized spacial score (nSPS) is 10.6. The molecule has 0 fully saturated rings. The molecule has 0 aliphatic heterocycles. The highest BCUT2D eigenvalue weighted by Gasteiger charge is 2.19. The lowest BCUT2D eigenvalue weighted by atomic mass is 9.89. The second-order valence-corrected chi connectivity index (χ2v) is 5.35. The third kappa shape index (κ3) is 4.82. The first-order chi connectivity index (χ1) is 10.5. The molecule has 8 N–H and O–H groups in total. The van der Waals surface area contributed by atoms with Gasteiger partial charge < -0.3 is 22.9 Å². The highest BCUT2D eigenvalue weighted by atomic mass is 16.1. The van der Waals surface area contributed by atoms with Gasteiger partial charge in [-0.3, -0.25) is 9.59 Å². The number of nitrogens with two attached hydrogens (primary N) is 4. The van der Waals surface area contributed by atoms with Gasteiger partial charge in [-0.25, -0.2) is 0 Å². The van der Waals surface area contributed by atoms with Gasteiger partial charge in [0.05, 0.1) is 0 Å². The molecule has 0 aliphatic rings. The standard InChI is InChI=1S/C16H26N4O2/c17-9-3-1-5-11-7-8-13(15(19)21)12(6-2-4-10-18)14(11)16(20)22/h7-8H,1-6,9-10,17-18H2,(H2,19,21)(H2,20,22). The van der Waals surface area contributed by atoms with Gasteiger partial charge in [-0.15, -0.1) is 0 Å². The van der Waals surface area contributed by atoms with E-state index in [-0.39, 0.29) is 0 Å². The lowest BCUT2D eigenvalue weighted by Crippen LogP contribution is -2.22. The van der Waals surface area contributed by atoms with Gasteiger partial charge in [0.25, 0.3) is 0 Å². The van der Waals surface area contributed by atoms with Crippen LogP contribution in [0.3, 0.4) is 0 Å². The Bertz CT molecular complexity index is 529. The summed E-state index contributed by atoms with van der Waals surface area (Å²) < 4.78 is 0. The molecule has 0 saturated heterocycles. The van der Waals surface area contributed by atoms with E-state index in [0.29, 0.717) is 42.6 Å². The Morgan fingerprint density at radius 3 is 1.91 bits per heavy atom. The number of carbonyl (C=O) groups is 2. The first-order valence-electron chi connectivity index (χ1n) is 7.67. The molecule has 0 atom stereocenters. The quantitative estimate of drug-likeness (QED) is 0.466. The Hall–Kier alpha value is -1.92. The van der Waals surface area contributed by atoms with Crippen LogP contribution in [0.2, 0.25) is 0 Å². The van der Waals surface area contributed by atoms with Crippen molar-refractivity contribution in [2.45, 2.75) is 38.5 Å². The van der Waals surface area contributed by atoms with Crippen molar-refractivity contribution in [3.05, 3.63) is 34.4 Å². The maximum atomic E-state index is 11.9. The van der Waals surface area contributed by atoms with Gasteiger partial charge in [0.15, 0.2) is 0 Å². The number of rotatable bonds is 10. The lowest BCUT2D eigenvalue weighted by molar-refractivity contribution is 0.0998. The van der Waals surface area contributed by atoms with Gasteiger partial charge >= 0.3 is 0 Å². The van der Waals surface area contributed by atoms with Crippen molar-refractivity contribution in [3.8, 4) is 0 Å². The Morgan fingerprint density at radius 1 is 0.818 bits per heavy atom. The first-order valence-corrected chi connectivity index (χ1v) is 7.67. The molecule has 1 aromatic carbocycles. The molecule has 0 aromatic heterocycles. The molecule has 0 spiro atoms. The van der Waals surface area contributed by atoms with E-state index in [2.05, 4.69) is 0 Å². The molecule has 1 aromatic rings. The van der Waals surface area contributed by atoms with Crippen molar-refractivity contribution in [2.24, 2.45) is 22.9 Å². The Kier molecular flexibility index (Phi) is 7.56. The summed E-state index contributed by atoms with van der Waals surface area (Å²) in [7, 11) is 0. The van der Waals surface area contributed by atoms with Crippen LogP contribution in [-0.2, 0) is 12.8 Å². The summed E-state index contributed by atoms with van der Waals surface area (Å²) in [6, 6.07) is 3.45. The van der Waals surface area contributed by atoms with E-state index < -0.39 is 11.8 Å². The van der Waals surface area contributed by atoms with E-state index in [1.54, 1.807) is 12.1 Å². The highest BCUT2D eigenvalue weighted by molar-refractivity contribution is 6.02. The molecule has 2 amide bonds. The van der Waals surface area contributed by atoms with Crippen molar-refractivity contribution in [2.75, 3.05) is 13.1 Å². The fourth-order valence-corrected chi connectivity index (χ4v) is 2.61. The van der Waals surface area contributed by atoms with Crippen LogP contribution in [0.5, 0.6) is 0 Å². The Labute approximate surface area is 131 Å². The number of unbranched alkanes of at least 4 members (excludes halogenated alkanes) is 2. The van der Waals surface area contributed by atoms with Crippen LogP contribution >= 0.6 is 0 Å². The summed E-state index contributed by atoms with van der Waals surface area (Å²) >= 11 is 0. The third-order valence-electron chi connectivity index (χ3n) is 3.69. The first kappa shape index (κ1) is 18.1. The van der Waals surface area contributed by atoms with E-state index in [4.69, 9.17) is 22.9 Å². The van der Waals surface area contributed by atoms with E-state index in [1.165, 1.54) is 0 Å². The van der Waals surface area contributed by atoms with Crippen LogP contribution in [-0.4, -0.2) is 24.9 Å². The fraction of sp³-hybridized carbons (Fsp3) is 0.500. The van der Waals surface area contributed by atoms with Gasteiger partial charge in [0.1, 0.15) is 0 Å². The zero-order chi connectivity index (χ0) is 16.5. The summed E-state index contributed by atoms with van der Waals surface area (Å²) in [4.78, 5) is 23.5. The van der Waals surface area contributed by atoms with Crippen LogP contribution in [0.25, 0.3) is 0 Å². The number of amides is 2. The minimum Gasteiger partial charge on any atom is -0.366 e. The van der Waals surface area contributed by atoms with Gasteiger partial charge in [-0.1, -0.05) is 6.07 Å². The second-order valence-electron chi connectivity index (χ2n) is 5.35. The summed E-state index contributed by atoms with van der Waals surface area (Å²) in [5.74, 6) is -1.06. The molecule has 0 bridgehead atoms. The van der Waals surface area contributed by atoms with Crippen molar-refractivity contribution in [1.82, 2.24) is 0 Å². The number of hydrogen-bond acceptors (Lipinski definition) is 4. The number of aryl methyl sites for hydroxylation is 1. The molecule has 0 unspecified atom stereocenters. The topological polar surface area (TPSA) is 138 Å². The molecule has 0 radical (unpaired) electrons. The monoisotopic (exact) mass is 306 g/mol. The molecule has 6 heteroatoms. The number of primary amides is 2. The van der Waals surface area contributed by atoms with Crippen LogP contribution < -0.4 is 22.9 Å². The molecule has 0 heterocycles. The van der Waals surface area contributed by atoms with Crippen molar-refractivity contribution in [3.63, 3.8) is 0 Å². The lowest BCUT2D eigenvalue weighted by Gasteiger charge is -2.15. The minimum absolute atomic E-state index is 0.369. The highest BCUT2D eigenvalue weighted by Crippen LogP contribution is 2.23. The fourth-order valence-electron chi connectivity index (χ4n) is 2.61. The summed E-state index contributed by atoms with van der Waals surface area (Å²) in [6.45, 7) is 1.17. The smallest absolute Gasteiger partial charge is 0.249 e. The number of benzene rings is 1. The maximum Gasteiger partial charge on any atom is 0.249 e. The molecular weight excluding hydrogens is 280 g/mol. The summed E-state index contributed by atoms with van der Waals surface area (Å²) in [6.07, 6.45) is 4.61. The van der Waals surface area contributed by atoms with Crippen molar-refractivity contribution < 1.29 is 9.59 Å². The van der Waals surface area contributed by atoms with E-state index in [1.807, 2.05) is 0 Å². The van der Waals surface area contributed by atoms with Gasteiger partial charge in [-0.05, 0) is 68.8 Å². The average Bonchev–Trinajstić information content (AvgIpc) is 2.47. The molecule has 122 valence electrons. The SMILES string of the molecule is NCCCCc1ccc(C(N)=O)c(CCCCN)c1C(N)=O. The predicted molar refractivity (Wildman–Crippen MR) is 87.5 cm³/mol.